The van der Waals surface area contributed by atoms with E-state index >= 15 is 0 Å². The number of rotatable bonds is 7. The van der Waals surface area contributed by atoms with Gasteiger partial charge in [0.05, 0.1) is 25.0 Å². The van der Waals surface area contributed by atoms with Crippen LogP contribution in [0.3, 0.4) is 0 Å². The number of hydrogen-bond acceptors (Lipinski definition) is 6. The van der Waals surface area contributed by atoms with Crippen LogP contribution >= 0.6 is 11.3 Å². The lowest BCUT2D eigenvalue weighted by molar-refractivity contribution is 0.415. The van der Waals surface area contributed by atoms with Crippen LogP contribution in [0.1, 0.15) is 29.6 Å². The molecule has 0 radical (unpaired) electrons. The molecule has 4 heterocycles. The maximum Gasteiger partial charge on any atom is 0.138 e. The lowest BCUT2D eigenvalue weighted by atomic mass is 10.0. The first-order valence-electron chi connectivity index (χ1n) is 11.0. The summed E-state index contributed by atoms with van der Waals surface area (Å²) in [6.45, 7) is 4.77. The number of pyridine rings is 1. The minimum absolute atomic E-state index is 0.665. The minimum atomic E-state index is 0.665. The summed E-state index contributed by atoms with van der Waals surface area (Å²) in [6.07, 6.45) is 6.43. The number of hydrogen-bond donors (Lipinski definition) is 2. The monoisotopic (exact) mass is 445 g/mol. The Bertz CT molecular complexity index is 1260. The molecule has 0 saturated heterocycles. The highest BCUT2D eigenvalue weighted by molar-refractivity contribution is 7.10. The molecule has 1 aliphatic heterocycles. The molecule has 164 valence electrons. The Morgan fingerprint density at radius 1 is 1.12 bits per heavy atom. The number of benzene rings is 1. The van der Waals surface area contributed by atoms with E-state index in [1.807, 2.05) is 24.3 Å². The quantitative estimate of drug-likeness (QED) is 0.418. The molecule has 0 unspecified atom stereocenters. The van der Waals surface area contributed by atoms with E-state index < -0.39 is 0 Å². The highest BCUT2D eigenvalue weighted by Crippen LogP contribution is 2.27. The van der Waals surface area contributed by atoms with E-state index in [1.165, 1.54) is 11.1 Å². The molecule has 0 atom stereocenters. The fourth-order valence-electron chi connectivity index (χ4n) is 4.05. The Kier molecular flexibility index (Phi) is 5.92. The zero-order valence-corrected chi connectivity index (χ0v) is 19.2. The predicted molar refractivity (Wildman–Crippen MR) is 131 cm³/mol. The predicted octanol–water partition coefficient (Wildman–Crippen LogP) is 5.02. The molecule has 0 saturated carbocycles. The van der Waals surface area contributed by atoms with Gasteiger partial charge < -0.3 is 15.4 Å². The first-order chi connectivity index (χ1) is 15.7. The van der Waals surface area contributed by atoms with Gasteiger partial charge in [0, 0.05) is 23.7 Å². The van der Waals surface area contributed by atoms with Crippen LogP contribution in [0.25, 0.3) is 22.5 Å². The second kappa shape index (κ2) is 9.14. The normalized spacial score (nSPS) is 13.9. The van der Waals surface area contributed by atoms with Crippen LogP contribution in [0, 0.1) is 0 Å². The number of nitrogens with one attached hydrogen (secondary N) is 2. The Morgan fingerprint density at radius 3 is 2.72 bits per heavy atom. The molecule has 3 aromatic heterocycles. The molecule has 5 rings (SSSR count). The number of nitrogens with zero attached hydrogens (tertiary/aromatic N) is 3. The third kappa shape index (κ3) is 4.13. The van der Waals surface area contributed by atoms with E-state index in [9.17, 15) is 0 Å². The van der Waals surface area contributed by atoms with Crippen molar-refractivity contribution in [2.75, 3.05) is 25.5 Å². The van der Waals surface area contributed by atoms with Gasteiger partial charge in [-0.05, 0) is 66.9 Å². The van der Waals surface area contributed by atoms with Crippen LogP contribution in [-0.2, 0) is 13.0 Å². The summed E-state index contributed by atoms with van der Waals surface area (Å²) in [5.74, 6) is 1.91. The maximum absolute atomic E-state index is 5.25. The second-order valence-corrected chi connectivity index (χ2v) is 8.74. The van der Waals surface area contributed by atoms with E-state index in [0.717, 1.165) is 65.1 Å². The van der Waals surface area contributed by atoms with Crippen LogP contribution in [0.2, 0.25) is 0 Å². The number of fused-ring (bicyclic) bond motifs is 1. The Balaban J connectivity index is 1.38. The van der Waals surface area contributed by atoms with Crippen LogP contribution in [0.4, 0.5) is 5.82 Å². The van der Waals surface area contributed by atoms with Crippen molar-refractivity contribution in [3.05, 3.63) is 70.3 Å². The maximum atomic E-state index is 5.25. The van der Waals surface area contributed by atoms with Crippen molar-refractivity contribution in [2.24, 2.45) is 0 Å². The van der Waals surface area contributed by atoms with Crippen LogP contribution < -0.4 is 15.4 Å². The van der Waals surface area contributed by atoms with Crippen molar-refractivity contribution in [3.8, 4) is 17.0 Å². The van der Waals surface area contributed by atoms with Gasteiger partial charge in [0.2, 0.25) is 0 Å². The first kappa shape index (κ1) is 20.7. The van der Waals surface area contributed by atoms with Gasteiger partial charge >= 0.3 is 0 Å². The molecule has 7 heteroatoms. The number of aromatic nitrogens is 3. The number of imidazole rings is 1. The van der Waals surface area contributed by atoms with Crippen molar-refractivity contribution < 1.29 is 4.74 Å². The number of ether oxygens (including phenoxy) is 1. The van der Waals surface area contributed by atoms with Gasteiger partial charge in [-0.1, -0.05) is 13.0 Å². The number of anilines is 1. The van der Waals surface area contributed by atoms with Gasteiger partial charge in [0.15, 0.2) is 0 Å². The molecular formula is C25H27N5OS. The number of aryl methyl sites for hydroxylation is 1. The van der Waals surface area contributed by atoms with Crippen molar-refractivity contribution in [1.82, 2.24) is 19.7 Å². The summed E-state index contributed by atoms with van der Waals surface area (Å²) in [5, 5.41) is 10.2. The topological polar surface area (TPSA) is 63.5 Å². The summed E-state index contributed by atoms with van der Waals surface area (Å²) in [5.41, 5.74) is 6.79. The minimum Gasteiger partial charge on any atom is -0.497 e. The van der Waals surface area contributed by atoms with Crippen molar-refractivity contribution in [1.29, 1.82) is 0 Å². The molecule has 0 bridgehead atoms. The third-order valence-corrected chi connectivity index (χ3v) is 6.65. The summed E-state index contributed by atoms with van der Waals surface area (Å²) in [7, 11) is 1.68. The zero-order valence-electron chi connectivity index (χ0n) is 18.4. The zero-order chi connectivity index (χ0) is 21.9. The molecule has 0 fully saturated rings. The van der Waals surface area contributed by atoms with Gasteiger partial charge in [-0.3, -0.25) is 4.40 Å². The molecule has 0 spiro atoms. The Hall–Kier alpha value is -3.16. The van der Waals surface area contributed by atoms with Crippen molar-refractivity contribution in [3.63, 3.8) is 0 Å². The highest BCUT2D eigenvalue weighted by atomic mass is 32.1. The standard InChI is InChI=1S/C25H27N5OS/c1-3-21-25(30-15-19(6-9-23(30)28-21)17-10-12-26-13-11-17)27-14-24-29-22(16-32-24)18-4-7-20(31-2)8-5-18/h4-10,15-16,26-27H,3,11-14H2,1-2H3. The van der Waals surface area contributed by atoms with Crippen molar-refractivity contribution in [2.45, 2.75) is 26.3 Å². The SMILES string of the molecule is CCc1nc2ccc(C3=CCNCC3)cn2c1NCc1nc(-c2ccc(OC)cc2)cs1. The van der Waals surface area contributed by atoms with Gasteiger partial charge in [-0.15, -0.1) is 11.3 Å². The largest absolute Gasteiger partial charge is 0.497 e. The summed E-state index contributed by atoms with van der Waals surface area (Å²) < 4.78 is 7.44. The second-order valence-electron chi connectivity index (χ2n) is 7.80. The third-order valence-electron chi connectivity index (χ3n) is 5.80. The van der Waals surface area contributed by atoms with Crippen LogP contribution in [-0.4, -0.2) is 34.6 Å². The van der Waals surface area contributed by atoms with E-state index in [2.05, 4.69) is 51.7 Å². The van der Waals surface area contributed by atoms with E-state index in [-0.39, 0.29) is 0 Å². The average molecular weight is 446 g/mol. The highest BCUT2D eigenvalue weighted by Gasteiger charge is 2.14. The summed E-state index contributed by atoms with van der Waals surface area (Å²) >= 11 is 1.67. The van der Waals surface area contributed by atoms with Crippen molar-refractivity contribution >= 4 is 28.4 Å². The van der Waals surface area contributed by atoms with Gasteiger partial charge in [-0.2, -0.15) is 0 Å². The lowest BCUT2D eigenvalue weighted by Crippen LogP contribution is -2.20. The molecule has 0 amide bonds. The smallest absolute Gasteiger partial charge is 0.138 e. The molecular weight excluding hydrogens is 418 g/mol. The number of thiazole rings is 1. The van der Waals surface area contributed by atoms with E-state index in [0.29, 0.717) is 6.54 Å². The van der Waals surface area contributed by atoms with Crippen LogP contribution in [0.15, 0.2) is 54.1 Å². The fraction of sp³-hybridized carbons (Fsp3) is 0.280. The Morgan fingerprint density at radius 2 is 1.97 bits per heavy atom. The molecule has 1 aromatic carbocycles. The molecule has 2 N–H and O–H groups in total. The van der Waals surface area contributed by atoms with Gasteiger partial charge in [0.1, 0.15) is 22.2 Å². The fourth-order valence-corrected chi connectivity index (χ4v) is 4.79. The van der Waals surface area contributed by atoms with Gasteiger partial charge in [0.25, 0.3) is 0 Å². The Labute approximate surface area is 192 Å². The van der Waals surface area contributed by atoms with E-state index in [1.54, 1.807) is 18.4 Å². The summed E-state index contributed by atoms with van der Waals surface area (Å²) in [6, 6.07) is 12.3. The molecule has 0 aliphatic carbocycles. The average Bonchev–Trinajstić information content (AvgIpc) is 3.47. The van der Waals surface area contributed by atoms with E-state index in [4.69, 9.17) is 14.7 Å². The molecule has 6 nitrogen and oxygen atoms in total. The first-order valence-corrected chi connectivity index (χ1v) is 11.9. The molecule has 4 aromatic rings. The molecule has 1 aliphatic rings. The van der Waals surface area contributed by atoms with Crippen LogP contribution in [0.5, 0.6) is 5.75 Å². The number of methoxy groups -OCH3 is 1. The van der Waals surface area contributed by atoms with Gasteiger partial charge in [-0.25, -0.2) is 9.97 Å². The lowest BCUT2D eigenvalue weighted by Gasteiger charge is -2.15. The molecule has 32 heavy (non-hydrogen) atoms. The summed E-state index contributed by atoms with van der Waals surface area (Å²) in [4.78, 5) is 9.67.